The number of nitrogens with zero attached hydrogens (tertiary/aromatic N) is 2. The Labute approximate surface area is 189 Å². The van der Waals surface area contributed by atoms with Gasteiger partial charge in [0.25, 0.3) is 0 Å². The number of aryl methyl sites for hydroxylation is 1. The molecule has 1 heterocycles. The van der Waals surface area contributed by atoms with Crippen molar-refractivity contribution in [2.45, 2.75) is 32.7 Å². The maximum Gasteiger partial charge on any atom is 0.241 e. The van der Waals surface area contributed by atoms with Crippen molar-refractivity contribution in [1.82, 2.24) is 16.0 Å². The van der Waals surface area contributed by atoms with Crippen LogP contribution in [0.3, 0.4) is 0 Å². The standard InChI is InChI=1S/C20H32FN5O2.HI/c1-4-22-20(24-13-19(27)23-9-11-28-3)25-17-6-5-10-26(14-17)18-8-7-16(21)12-15(18)2;/h7-8,12,17H,4-6,9-11,13-14H2,1-3H3,(H,23,27)(H2,22,24,25);1H. The maximum atomic E-state index is 13.4. The zero-order chi connectivity index (χ0) is 20.4. The Hall–Kier alpha value is -1.62. The van der Waals surface area contributed by atoms with Crippen LogP contribution < -0.4 is 20.9 Å². The van der Waals surface area contributed by atoms with Crippen LogP contribution in [0.15, 0.2) is 23.2 Å². The number of hydrogen-bond donors (Lipinski definition) is 3. The monoisotopic (exact) mass is 521 g/mol. The first kappa shape index (κ1) is 25.4. The Kier molecular flexibility index (Phi) is 11.9. The minimum Gasteiger partial charge on any atom is -0.383 e. The maximum absolute atomic E-state index is 13.4. The first-order valence-corrected chi connectivity index (χ1v) is 9.85. The summed E-state index contributed by atoms with van der Waals surface area (Å²) in [6.45, 7) is 7.40. The van der Waals surface area contributed by atoms with E-state index in [0.29, 0.717) is 25.7 Å². The lowest BCUT2D eigenvalue weighted by Crippen LogP contribution is -2.51. The lowest BCUT2D eigenvalue weighted by Gasteiger charge is -2.36. The molecule has 1 aromatic carbocycles. The molecule has 1 aromatic rings. The number of benzene rings is 1. The fourth-order valence-electron chi connectivity index (χ4n) is 3.30. The van der Waals surface area contributed by atoms with Crippen molar-refractivity contribution in [3.63, 3.8) is 0 Å². The number of rotatable bonds is 8. The van der Waals surface area contributed by atoms with E-state index in [4.69, 9.17) is 4.74 Å². The molecular weight excluding hydrogens is 488 g/mol. The number of aliphatic imine (C=N–C) groups is 1. The first-order valence-electron chi connectivity index (χ1n) is 9.85. The average Bonchev–Trinajstić information content (AvgIpc) is 2.67. The van der Waals surface area contributed by atoms with Crippen molar-refractivity contribution in [1.29, 1.82) is 0 Å². The smallest absolute Gasteiger partial charge is 0.241 e. The third-order valence-electron chi connectivity index (χ3n) is 4.62. The van der Waals surface area contributed by atoms with Crippen LogP contribution in [0.1, 0.15) is 25.3 Å². The van der Waals surface area contributed by atoms with Gasteiger partial charge in [0.05, 0.1) is 6.61 Å². The van der Waals surface area contributed by atoms with E-state index in [2.05, 4.69) is 25.8 Å². The molecule has 1 saturated heterocycles. The lowest BCUT2D eigenvalue weighted by atomic mass is 10.0. The molecule has 0 aliphatic carbocycles. The number of piperidine rings is 1. The van der Waals surface area contributed by atoms with Gasteiger partial charge < -0.3 is 25.6 Å². The predicted molar refractivity (Wildman–Crippen MR) is 126 cm³/mol. The molecule has 1 atom stereocenters. The van der Waals surface area contributed by atoms with E-state index in [1.54, 1.807) is 13.2 Å². The highest BCUT2D eigenvalue weighted by atomic mass is 127. The largest absolute Gasteiger partial charge is 0.383 e. The van der Waals surface area contributed by atoms with Gasteiger partial charge in [0.1, 0.15) is 12.4 Å². The zero-order valence-corrected chi connectivity index (χ0v) is 19.8. The minimum absolute atomic E-state index is 0. The number of amides is 1. The first-order chi connectivity index (χ1) is 13.5. The fourth-order valence-corrected chi connectivity index (χ4v) is 3.30. The molecule has 1 aliphatic heterocycles. The van der Waals surface area contributed by atoms with Gasteiger partial charge in [0, 0.05) is 45.0 Å². The molecule has 1 unspecified atom stereocenters. The molecule has 9 heteroatoms. The summed E-state index contributed by atoms with van der Waals surface area (Å²) in [4.78, 5) is 18.5. The van der Waals surface area contributed by atoms with E-state index < -0.39 is 0 Å². The summed E-state index contributed by atoms with van der Waals surface area (Å²) in [6.07, 6.45) is 2.05. The highest BCUT2D eigenvalue weighted by molar-refractivity contribution is 14.0. The molecule has 29 heavy (non-hydrogen) atoms. The van der Waals surface area contributed by atoms with Gasteiger partial charge in [0.15, 0.2) is 5.96 Å². The normalized spacial score (nSPS) is 16.8. The Morgan fingerprint density at radius 1 is 1.38 bits per heavy atom. The van der Waals surface area contributed by atoms with Crippen LogP contribution in [0.2, 0.25) is 0 Å². The second kappa shape index (κ2) is 13.6. The van der Waals surface area contributed by atoms with Crippen LogP contribution in [-0.4, -0.2) is 64.3 Å². The van der Waals surface area contributed by atoms with Crippen molar-refractivity contribution in [2.75, 3.05) is 51.3 Å². The summed E-state index contributed by atoms with van der Waals surface area (Å²) in [7, 11) is 1.60. The highest BCUT2D eigenvalue weighted by Gasteiger charge is 2.22. The summed E-state index contributed by atoms with van der Waals surface area (Å²) in [6, 6.07) is 5.12. The minimum atomic E-state index is -0.210. The summed E-state index contributed by atoms with van der Waals surface area (Å²) >= 11 is 0. The second-order valence-electron chi connectivity index (χ2n) is 6.90. The van der Waals surface area contributed by atoms with Crippen molar-refractivity contribution >= 4 is 41.5 Å². The van der Waals surface area contributed by atoms with Crippen molar-refractivity contribution in [3.8, 4) is 0 Å². The average molecular weight is 521 g/mol. The van der Waals surface area contributed by atoms with Crippen LogP contribution in [0.5, 0.6) is 0 Å². The quantitative estimate of drug-likeness (QED) is 0.211. The van der Waals surface area contributed by atoms with Gasteiger partial charge in [-0.2, -0.15) is 0 Å². The lowest BCUT2D eigenvalue weighted by molar-refractivity contribution is -0.119. The molecule has 2 rings (SSSR count). The zero-order valence-electron chi connectivity index (χ0n) is 17.5. The van der Waals surface area contributed by atoms with Crippen molar-refractivity contribution in [2.24, 2.45) is 4.99 Å². The van der Waals surface area contributed by atoms with E-state index in [9.17, 15) is 9.18 Å². The predicted octanol–water partition coefficient (Wildman–Crippen LogP) is 2.04. The molecule has 3 N–H and O–H groups in total. The third kappa shape index (κ3) is 8.73. The van der Waals surface area contributed by atoms with E-state index >= 15 is 0 Å². The van der Waals surface area contributed by atoms with Crippen LogP contribution in [0.25, 0.3) is 0 Å². The number of anilines is 1. The molecular formula is C20H33FIN5O2. The number of nitrogens with one attached hydrogen (secondary N) is 3. The molecule has 1 amide bonds. The molecule has 1 fully saturated rings. The number of guanidine groups is 1. The summed E-state index contributed by atoms with van der Waals surface area (Å²) < 4.78 is 18.3. The third-order valence-corrected chi connectivity index (χ3v) is 4.62. The van der Waals surface area contributed by atoms with Gasteiger partial charge in [-0.15, -0.1) is 24.0 Å². The van der Waals surface area contributed by atoms with Crippen molar-refractivity contribution < 1.29 is 13.9 Å². The molecule has 0 radical (unpaired) electrons. The molecule has 0 aromatic heterocycles. The van der Waals surface area contributed by atoms with Gasteiger partial charge in [-0.25, -0.2) is 9.38 Å². The van der Waals surface area contributed by atoms with Crippen LogP contribution in [0.4, 0.5) is 10.1 Å². The Balaban J connectivity index is 0.00000420. The number of hydrogen-bond acceptors (Lipinski definition) is 4. The Morgan fingerprint density at radius 2 is 2.17 bits per heavy atom. The van der Waals surface area contributed by atoms with E-state index in [1.165, 1.54) is 6.07 Å². The van der Waals surface area contributed by atoms with E-state index in [0.717, 1.165) is 37.2 Å². The molecule has 1 aliphatic rings. The number of carbonyl (C=O) groups excluding carboxylic acids is 1. The molecule has 0 bridgehead atoms. The van der Waals surface area contributed by atoms with Gasteiger partial charge in [-0.05, 0) is 50.5 Å². The van der Waals surface area contributed by atoms with Gasteiger partial charge in [-0.3, -0.25) is 4.79 Å². The van der Waals surface area contributed by atoms with Crippen LogP contribution >= 0.6 is 24.0 Å². The molecule has 0 saturated carbocycles. The van der Waals surface area contributed by atoms with Gasteiger partial charge >= 0.3 is 0 Å². The second-order valence-corrected chi connectivity index (χ2v) is 6.90. The highest BCUT2D eigenvalue weighted by Crippen LogP contribution is 2.24. The fraction of sp³-hybridized carbons (Fsp3) is 0.600. The Bertz CT molecular complexity index is 674. The Morgan fingerprint density at radius 3 is 2.86 bits per heavy atom. The summed E-state index contributed by atoms with van der Waals surface area (Å²) in [5, 5.41) is 9.38. The van der Waals surface area contributed by atoms with E-state index in [-0.39, 0.29) is 48.3 Å². The van der Waals surface area contributed by atoms with E-state index in [1.807, 2.05) is 19.9 Å². The topological polar surface area (TPSA) is 78.0 Å². The van der Waals surface area contributed by atoms with Gasteiger partial charge in [0.2, 0.25) is 5.91 Å². The molecule has 7 nitrogen and oxygen atoms in total. The molecule has 164 valence electrons. The number of methoxy groups -OCH3 is 1. The van der Waals surface area contributed by atoms with Gasteiger partial charge in [-0.1, -0.05) is 0 Å². The van der Waals surface area contributed by atoms with Crippen molar-refractivity contribution in [3.05, 3.63) is 29.6 Å². The number of halogens is 2. The SMILES string of the molecule is CCNC(=NCC(=O)NCCOC)NC1CCCN(c2ccc(F)cc2C)C1.I. The van der Waals surface area contributed by atoms with Crippen LogP contribution in [0, 0.1) is 12.7 Å². The van der Waals surface area contributed by atoms with Crippen LogP contribution in [-0.2, 0) is 9.53 Å². The molecule has 0 spiro atoms. The number of ether oxygens (including phenoxy) is 1. The number of carbonyl (C=O) groups is 1. The summed E-state index contributed by atoms with van der Waals surface area (Å²) in [5.74, 6) is 0.284. The summed E-state index contributed by atoms with van der Waals surface area (Å²) in [5.41, 5.74) is 2.00.